The molecule has 0 fully saturated rings. The van der Waals surface area contributed by atoms with Crippen molar-refractivity contribution in [1.29, 1.82) is 0 Å². The summed E-state index contributed by atoms with van der Waals surface area (Å²) in [6, 6.07) is 0. The normalized spacial score (nSPS) is 20.8. The van der Waals surface area contributed by atoms with Crippen LogP contribution in [0.15, 0.2) is 47.6 Å². The number of hydrogen-bond donors (Lipinski definition) is 0. The maximum absolute atomic E-state index is 2.33. The van der Waals surface area contributed by atoms with Gasteiger partial charge in [-0.2, -0.15) is 0 Å². The van der Waals surface area contributed by atoms with Gasteiger partial charge >= 0.3 is 0 Å². The van der Waals surface area contributed by atoms with Gasteiger partial charge in [0.25, 0.3) is 0 Å². The molecule has 0 heterocycles. The zero-order chi connectivity index (χ0) is 9.31. The van der Waals surface area contributed by atoms with E-state index in [-0.39, 0.29) is 5.41 Å². The third-order valence-electron chi connectivity index (χ3n) is 2.99. The second-order valence-corrected chi connectivity index (χ2v) is 4.22. The zero-order valence-corrected chi connectivity index (χ0v) is 8.38. The molecule has 0 aromatic rings. The first-order chi connectivity index (χ1) is 6.21. The molecule has 68 valence electrons. The summed E-state index contributed by atoms with van der Waals surface area (Å²) in [6.45, 7) is 4.60. The van der Waals surface area contributed by atoms with Gasteiger partial charge in [-0.3, -0.25) is 0 Å². The average Bonchev–Trinajstić information content (AvgIpc) is 2.78. The maximum atomic E-state index is 2.33. The van der Waals surface area contributed by atoms with E-state index in [0.717, 1.165) is 12.8 Å². The molecule has 0 aliphatic heterocycles. The fraction of sp³-hybridized carbons (Fsp3) is 0.385. The van der Waals surface area contributed by atoms with Crippen molar-refractivity contribution >= 4 is 0 Å². The van der Waals surface area contributed by atoms with Gasteiger partial charge in [0.1, 0.15) is 0 Å². The van der Waals surface area contributed by atoms with Gasteiger partial charge in [0, 0.05) is 5.41 Å². The van der Waals surface area contributed by atoms with E-state index in [4.69, 9.17) is 0 Å². The third kappa shape index (κ3) is 1.41. The largest absolute Gasteiger partial charge is 0.0804 e. The number of allylic oxidation sites excluding steroid dienone is 8. The summed E-state index contributed by atoms with van der Waals surface area (Å²) >= 11 is 0. The summed E-state index contributed by atoms with van der Waals surface area (Å²) in [7, 11) is 0. The quantitative estimate of drug-likeness (QED) is 0.594. The van der Waals surface area contributed by atoms with Gasteiger partial charge < -0.3 is 0 Å². The highest BCUT2D eigenvalue weighted by molar-refractivity contribution is 5.44. The van der Waals surface area contributed by atoms with Crippen LogP contribution in [0.4, 0.5) is 0 Å². The molecule has 0 aromatic heterocycles. The van der Waals surface area contributed by atoms with Gasteiger partial charge in [-0.15, -0.1) is 0 Å². The van der Waals surface area contributed by atoms with Crippen molar-refractivity contribution in [2.75, 3.05) is 0 Å². The Morgan fingerprint density at radius 2 is 1.38 bits per heavy atom. The van der Waals surface area contributed by atoms with Gasteiger partial charge in [-0.1, -0.05) is 50.3 Å². The summed E-state index contributed by atoms with van der Waals surface area (Å²) < 4.78 is 0. The van der Waals surface area contributed by atoms with Crippen LogP contribution in [-0.4, -0.2) is 0 Å². The average molecular weight is 172 g/mol. The van der Waals surface area contributed by atoms with Crippen LogP contribution in [0.3, 0.4) is 0 Å². The van der Waals surface area contributed by atoms with Gasteiger partial charge in [0.05, 0.1) is 0 Å². The molecular formula is C13H16. The minimum atomic E-state index is 0.208. The van der Waals surface area contributed by atoms with Crippen molar-refractivity contribution < 1.29 is 0 Å². The topological polar surface area (TPSA) is 0 Å². The Morgan fingerprint density at radius 3 is 1.69 bits per heavy atom. The molecule has 2 aliphatic carbocycles. The Morgan fingerprint density at radius 1 is 0.923 bits per heavy atom. The van der Waals surface area contributed by atoms with Crippen LogP contribution in [0.25, 0.3) is 0 Å². The molecule has 0 N–H and O–H groups in total. The molecule has 0 bridgehead atoms. The Balaban J connectivity index is 2.29. The lowest BCUT2D eigenvalue weighted by Gasteiger charge is -2.26. The lowest BCUT2D eigenvalue weighted by molar-refractivity contribution is 0.568. The van der Waals surface area contributed by atoms with Crippen LogP contribution in [0.2, 0.25) is 0 Å². The summed E-state index contributed by atoms with van der Waals surface area (Å²) in [5.74, 6) is 0. The molecule has 2 aliphatic rings. The fourth-order valence-electron chi connectivity index (χ4n) is 2.01. The molecule has 0 aromatic carbocycles. The molecule has 2 rings (SSSR count). The number of rotatable bonds is 2. The Bertz CT molecular complexity index is 290. The third-order valence-corrected chi connectivity index (χ3v) is 2.99. The lowest BCUT2D eigenvalue weighted by Crippen LogP contribution is -2.14. The fourth-order valence-corrected chi connectivity index (χ4v) is 2.01. The minimum Gasteiger partial charge on any atom is -0.0804 e. The van der Waals surface area contributed by atoms with Gasteiger partial charge in [-0.05, 0) is 24.0 Å². The highest BCUT2D eigenvalue weighted by atomic mass is 14.3. The summed E-state index contributed by atoms with van der Waals surface area (Å²) in [4.78, 5) is 0. The Labute approximate surface area is 80.3 Å². The second-order valence-electron chi connectivity index (χ2n) is 4.22. The summed E-state index contributed by atoms with van der Waals surface area (Å²) in [5.41, 5.74) is 3.13. The molecule has 0 spiro atoms. The molecule has 0 heteroatoms. The van der Waals surface area contributed by atoms with Crippen molar-refractivity contribution in [3.63, 3.8) is 0 Å². The highest BCUT2D eigenvalue weighted by Crippen LogP contribution is 2.39. The van der Waals surface area contributed by atoms with Crippen LogP contribution in [-0.2, 0) is 0 Å². The summed E-state index contributed by atoms with van der Waals surface area (Å²) in [6.07, 6.45) is 15.8. The molecule has 0 saturated heterocycles. The molecular weight excluding hydrogens is 156 g/mol. The first-order valence-electron chi connectivity index (χ1n) is 4.95. The molecule has 0 unspecified atom stereocenters. The predicted octanol–water partition coefficient (Wildman–Crippen LogP) is 3.79. The van der Waals surface area contributed by atoms with E-state index in [1.54, 1.807) is 0 Å². The second kappa shape index (κ2) is 3.02. The molecule has 0 nitrogen and oxygen atoms in total. The minimum absolute atomic E-state index is 0.208. The number of hydrogen-bond acceptors (Lipinski definition) is 0. The molecule has 0 atom stereocenters. The molecule has 0 amide bonds. The van der Waals surface area contributed by atoms with Crippen LogP contribution in [0.1, 0.15) is 26.7 Å². The zero-order valence-electron chi connectivity index (χ0n) is 8.38. The van der Waals surface area contributed by atoms with Crippen molar-refractivity contribution in [2.24, 2.45) is 5.41 Å². The Hall–Kier alpha value is -1.04. The van der Waals surface area contributed by atoms with Crippen LogP contribution in [0.5, 0.6) is 0 Å². The van der Waals surface area contributed by atoms with E-state index in [1.807, 2.05) is 0 Å². The predicted molar refractivity (Wildman–Crippen MR) is 57.5 cm³/mol. The first kappa shape index (κ1) is 8.55. The SMILES string of the molecule is CC(C)(C1=CCC=C1)C1=CCC=C1. The van der Waals surface area contributed by atoms with E-state index >= 15 is 0 Å². The first-order valence-corrected chi connectivity index (χ1v) is 4.95. The lowest BCUT2D eigenvalue weighted by atomic mass is 9.78. The summed E-state index contributed by atoms with van der Waals surface area (Å²) in [5, 5.41) is 0. The molecule has 0 saturated carbocycles. The monoisotopic (exact) mass is 172 g/mol. The van der Waals surface area contributed by atoms with E-state index in [0.29, 0.717) is 0 Å². The molecule has 13 heavy (non-hydrogen) atoms. The smallest absolute Gasteiger partial charge is 0.0140 e. The van der Waals surface area contributed by atoms with E-state index in [2.05, 4.69) is 50.3 Å². The van der Waals surface area contributed by atoms with Crippen molar-refractivity contribution in [2.45, 2.75) is 26.7 Å². The van der Waals surface area contributed by atoms with Gasteiger partial charge in [0.15, 0.2) is 0 Å². The van der Waals surface area contributed by atoms with Gasteiger partial charge in [0.2, 0.25) is 0 Å². The molecule has 0 radical (unpaired) electrons. The van der Waals surface area contributed by atoms with Crippen molar-refractivity contribution in [3.05, 3.63) is 47.6 Å². The van der Waals surface area contributed by atoms with Crippen molar-refractivity contribution in [1.82, 2.24) is 0 Å². The van der Waals surface area contributed by atoms with Gasteiger partial charge in [-0.25, -0.2) is 0 Å². The van der Waals surface area contributed by atoms with Crippen molar-refractivity contribution in [3.8, 4) is 0 Å². The Kier molecular flexibility index (Phi) is 1.99. The van der Waals surface area contributed by atoms with Crippen LogP contribution < -0.4 is 0 Å². The van der Waals surface area contributed by atoms with Crippen LogP contribution in [0, 0.1) is 5.41 Å². The van der Waals surface area contributed by atoms with E-state index < -0.39 is 0 Å². The maximum Gasteiger partial charge on any atom is 0.0140 e. The highest BCUT2D eigenvalue weighted by Gasteiger charge is 2.26. The van der Waals surface area contributed by atoms with E-state index in [1.165, 1.54) is 11.1 Å². The van der Waals surface area contributed by atoms with Crippen LogP contribution >= 0.6 is 0 Å². The van der Waals surface area contributed by atoms with E-state index in [9.17, 15) is 0 Å². The standard InChI is InChI=1S/C13H16/c1-13(2,11-7-3-4-8-11)12-9-5-6-10-12/h3,5,7-10H,4,6H2,1-2H3.